The highest BCUT2D eigenvalue weighted by Crippen LogP contribution is 2.28. The highest BCUT2D eigenvalue weighted by molar-refractivity contribution is 6.37. The molecule has 0 saturated carbocycles. The summed E-state index contributed by atoms with van der Waals surface area (Å²) in [6.45, 7) is 0. The number of hydrogen-bond donors (Lipinski definition) is 0. The van der Waals surface area contributed by atoms with Crippen molar-refractivity contribution in [1.29, 1.82) is 0 Å². The molecule has 0 spiro atoms. The Morgan fingerprint density at radius 1 is 1.09 bits per heavy atom. The Kier molecular flexibility index (Phi) is 3.60. The Hall–Kier alpha value is -2.37. The SMILES string of the molecule is O=C(c1cc2cc([N+](=O)[O-])ccc2o1)c1ccc(Cl)cc1Cl. The van der Waals surface area contributed by atoms with Crippen LogP contribution >= 0.6 is 23.2 Å². The lowest BCUT2D eigenvalue weighted by Crippen LogP contribution is -2.00. The van der Waals surface area contributed by atoms with Crippen LogP contribution in [0, 0.1) is 10.1 Å². The number of non-ortho nitro benzene ring substituents is 1. The third kappa shape index (κ3) is 2.56. The van der Waals surface area contributed by atoms with E-state index < -0.39 is 10.7 Å². The van der Waals surface area contributed by atoms with Crippen LogP contribution in [0.15, 0.2) is 46.9 Å². The van der Waals surface area contributed by atoms with Gasteiger partial charge in [0.1, 0.15) is 5.58 Å². The minimum absolute atomic E-state index is 0.0553. The highest BCUT2D eigenvalue weighted by Gasteiger charge is 2.18. The van der Waals surface area contributed by atoms with Gasteiger partial charge in [-0.1, -0.05) is 23.2 Å². The van der Waals surface area contributed by atoms with Crippen molar-refractivity contribution in [3.05, 3.63) is 73.9 Å². The number of ketones is 1. The smallest absolute Gasteiger partial charge is 0.270 e. The van der Waals surface area contributed by atoms with E-state index in [1.165, 1.54) is 36.4 Å². The van der Waals surface area contributed by atoms with Gasteiger partial charge in [-0.3, -0.25) is 14.9 Å². The first kappa shape index (κ1) is 14.6. The number of carbonyl (C=O) groups is 1. The number of nitro benzene ring substituents is 1. The molecule has 110 valence electrons. The lowest BCUT2D eigenvalue weighted by molar-refractivity contribution is -0.384. The summed E-state index contributed by atoms with van der Waals surface area (Å²) in [5.74, 6) is -0.361. The standard InChI is InChI=1S/C15H7Cl2NO4/c16-9-1-3-11(12(17)7-9)15(19)14-6-8-5-10(18(20)21)2-4-13(8)22-14/h1-7H. The number of hydrogen-bond acceptors (Lipinski definition) is 4. The molecule has 0 saturated heterocycles. The van der Waals surface area contributed by atoms with Crippen LogP contribution in [0.25, 0.3) is 11.0 Å². The summed E-state index contributed by atoms with van der Waals surface area (Å²) >= 11 is 11.8. The quantitative estimate of drug-likeness (QED) is 0.388. The van der Waals surface area contributed by atoms with Crippen LogP contribution in [0.2, 0.25) is 10.0 Å². The number of nitro groups is 1. The van der Waals surface area contributed by atoms with Crippen LogP contribution in [0.1, 0.15) is 16.1 Å². The van der Waals surface area contributed by atoms with Crippen molar-refractivity contribution in [2.45, 2.75) is 0 Å². The van der Waals surface area contributed by atoms with Crippen molar-refractivity contribution in [1.82, 2.24) is 0 Å². The molecule has 0 N–H and O–H groups in total. The largest absolute Gasteiger partial charge is 0.453 e. The van der Waals surface area contributed by atoms with Gasteiger partial charge >= 0.3 is 0 Å². The molecule has 0 fully saturated rings. The molecule has 5 nitrogen and oxygen atoms in total. The van der Waals surface area contributed by atoms with E-state index in [1.54, 1.807) is 6.07 Å². The van der Waals surface area contributed by atoms with Gasteiger partial charge in [0.05, 0.1) is 9.95 Å². The van der Waals surface area contributed by atoms with E-state index in [4.69, 9.17) is 27.6 Å². The molecule has 2 aromatic carbocycles. The first-order valence-corrected chi connectivity index (χ1v) is 6.89. The van der Waals surface area contributed by atoms with Crippen LogP contribution in [-0.4, -0.2) is 10.7 Å². The van der Waals surface area contributed by atoms with Crippen molar-refractivity contribution in [2.75, 3.05) is 0 Å². The zero-order chi connectivity index (χ0) is 15.9. The number of furan rings is 1. The molecule has 22 heavy (non-hydrogen) atoms. The van der Waals surface area contributed by atoms with Crippen molar-refractivity contribution in [2.24, 2.45) is 0 Å². The summed E-state index contributed by atoms with van der Waals surface area (Å²) in [6, 6.07) is 10.1. The summed E-state index contributed by atoms with van der Waals surface area (Å²) in [6.07, 6.45) is 0. The van der Waals surface area contributed by atoms with E-state index in [0.717, 1.165) is 0 Å². The predicted octanol–water partition coefficient (Wildman–Crippen LogP) is 4.88. The van der Waals surface area contributed by atoms with Crippen molar-refractivity contribution >= 4 is 45.6 Å². The van der Waals surface area contributed by atoms with E-state index in [2.05, 4.69) is 0 Å². The monoisotopic (exact) mass is 335 g/mol. The maximum atomic E-state index is 12.4. The predicted molar refractivity (Wildman–Crippen MR) is 82.8 cm³/mol. The lowest BCUT2D eigenvalue weighted by atomic mass is 10.1. The first-order valence-electron chi connectivity index (χ1n) is 6.13. The van der Waals surface area contributed by atoms with Crippen molar-refractivity contribution in [3.63, 3.8) is 0 Å². The van der Waals surface area contributed by atoms with Gasteiger partial charge in [-0.15, -0.1) is 0 Å². The van der Waals surface area contributed by atoms with Crippen LogP contribution in [0.3, 0.4) is 0 Å². The second-order valence-electron chi connectivity index (χ2n) is 4.54. The lowest BCUT2D eigenvalue weighted by Gasteiger charge is -2.01. The average molecular weight is 336 g/mol. The molecule has 0 atom stereocenters. The summed E-state index contributed by atoms with van der Waals surface area (Å²) in [7, 11) is 0. The Morgan fingerprint density at radius 2 is 1.86 bits per heavy atom. The molecule has 0 aliphatic rings. The van der Waals surface area contributed by atoms with Gasteiger partial charge in [0.25, 0.3) is 5.69 Å². The van der Waals surface area contributed by atoms with Gasteiger partial charge in [0.15, 0.2) is 5.76 Å². The average Bonchev–Trinajstić information content (AvgIpc) is 2.89. The van der Waals surface area contributed by atoms with Gasteiger partial charge in [-0.25, -0.2) is 0 Å². The molecule has 3 aromatic rings. The number of benzene rings is 2. The van der Waals surface area contributed by atoms with Gasteiger partial charge in [-0.05, 0) is 30.3 Å². The summed E-state index contributed by atoms with van der Waals surface area (Å²) in [5.41, 5.74) is 0.565. The maximum absolute atomic E-state index is 12.4. The molecule has 0 aliphatic heterocycles. The Morgan fingerprint density at radius 3 is 2.55 bits per heavy atom. The Balaban J connectivity index is 2.06. The molecule has 0 amide bonds. The molecule has 0 radical (unpaired) electrons. The van der Waals surface area contributed by atoms with Crippen LogP contribution in [0.4, 0.5) is 5.69 Å². The van der Waals surface area contributed by atoms with Gasteiger partial charge in [-0.2, -0.15) is 0 Å². The fraction of sp³-hybridized carbons (Fsp3) is 0. The summed E-state index contributed by atoms with van der Waals surface area (Å²) in [4.78, 5) is 22.7. The number of fused-ring (bicyclic) bond motifs is 1. The maximum Gasteiger partial charge on any atom is 0.270 e. The Bertz CT molecular complexity index is 917. The molecule has 1 aromatic heterocycles. The van der Waals surface area contributed by atoms with Crippen LogP contribution in [0.5, 0.6) is 0 Å². The third-order valence-corrected chi connectivity index (χ3v) is 3.66. The second kappa shape index (κ2) is 5.44. The fourth-order valence-corrected chi connectivity index (χ4v) is 2.56. The van der Waals surface area contributed by atoms with Crippen molar-refractivity contribution in [3.8, 4) is 0 Å². The first-order chi connectivity index (χ1) is 10.5. The van der Waals surface area contributed by atoms with Gasteiger partial charge in [0.2, 0.25) is 5.78 Å². The number of halogens is 2. The molecule has 0 bridgehead atoms. The third-order valence-electron chi connectivity index (χ3n) is 3.11. The number of nitrogens with zero attached hydrogens (tertiary/aromatic N) is 1. The Labute approximate surface area is 134 Å². The molecule has 0 aliphatic carbocycles. The zero-order valence-corrected chi connectivity index (χ0v) is 12.4. The molecular weight excluding hydrogens is 329 g/mol. The van der Waals surface area contributed by atoms with E-state index in [9.17, 15) is 14.9 Å². The molecule has 3 rings (SSSR count). The van der Waals surface area contributed by atoms with E-state index in [0.29, 0.717) is 16.0 Å². The summed E-state index contributed by atoms with van der Waals surface area (Å²) < 4.78 is 5.44. The molecule has 7 heteroatoms. The number of carbonyl (C=O) groups excluding carboxylic acids is 1. The van der Waals surface area contributed by atoms with E-state index in [-0.39, 0.29) is 22.0 Å². The van der Waals surface area contributed by atoms with Crippen LogP contribution < -0.4 is 0 Å². The molecule has 1 heterocycles. The van der Waals surface area contributed by atoms with Crippen molar-refractivity contribution < 1.29 is 14.1 Å². The normalized spacial score (nSPS) is 10.8. The van der Waals surface area contributed by atoms with E-state index >= 15 is 0 Å². The number of rotatable bonds is 3. The highest BCUT2D eigenvalue weighted by atomic mass is 35.5. The fourth-order valence-electron chi connectivity index (χ4n) is 2.06. The minimum Gasteiger partial charge on any atom is -0.453 e. The van der Waals surface area contributed by atoms with Crippen LogP contribution in [-0.2, 0) is 0 Å². The summed E-state index contributed by atoms with van der Waals surface area (Å²) in [5, 5.41) is 11.9. The molecule has 0 unspecified atom stereocenters. The van der Waals surface area contributed by atoms with E-state index in [1.807, 2.05) is 0 Å². The zero-order valence-electron chi connectivity index (χ0n) is 10.9. The minimum atomic E-state index is -0.510. The molecular formula is C15H7Cl2NO4. The second-order valence-corrected chi connectivity index (χ2v) is 5.39. The van der Waals surface area contributed by atoms with Gasteiger partial charge in [0, 0.05) is 28.1 Å². The topological polar surface area (TPSA) is 73.3 Å². The van der Waals surface area contributed by atoms with Gasteiger partial charge < -0.3 is 4.42 Å².